The topological polar surface area (TPSA) is 93.2 Å². The van der Waals surface area contributed by atoms with E-state index in [1.54, 1.807) is 18.2 Å². The number of nitrogens with one attached hydrogen (secondary N) is 1. The number of benzene rings is 2. The number of likely N-dealkylation sites (tertiary alicyclic amines) is 1. The van der Waals surface area contributed by atoms with Crippen LogP contribution in [0.25, 0.3) is 0 Å². The van der Waals surface area contributed by atoms with E-state index in [2.05, 4.69) is 15.1 Å². The first-order valence-electron chi connectivity index (χ1n) is 12.1. The quantitative estimate of drug-likeness (QED) is 0.656. The second-order valence-corrected chi connectivity index (χ2v) is 9.05. The molecule has 0 unspecified atom stereocenters. The molecule has 9 heteroatoms. The SMILES string of the molecule is O=C(Nc1ccc(N2CCN(CC(=O)N3CCCCCC3)CC2)cc1C(=O)O)c1ccc(F)cc1. The van der Waals surface area contributed by atoms with Crippen LogP contribution in [0.15, 0.2) is 42.5 Å². The summed E-state index contributed by atoms with van der Waals surface area (Å²) in [5, 5.41) is 12.3. The average Bonchev–Trinajstić information content (AvgIpc) is 3.15. The predicted octanol–water partition coefficient (Wildman–Crippen LogP) is 3.30. The van der Waals surface area contributed by atoms with E-state index < -0.39 is 17.7 Å². The number of carboxylic acid groups (broad SMARTS) is 1. The Morgan fingerprint density at radius 3 is 2.14 bits per heavy atom. The standard InChI is InChI=1S/C26H31FN4O4/c27-20-7-5-19(6-8-20)25(33)28-23-10-9-21(17-22(23)26(34)35)30-15-13-29(14-16-30)18-24(32)31-11-3-1-2-4-12-31/h5-10,17H,1-4,11-16,18H2,(H,28,33)(H,34,35). The van der Waals surface area contributed by atoms with Crippen molar-refractivity contribution in [3.05, 3.63) is 59.4 Å². The van der Waals surface area contributed by atoms with E-state index in [0.717, 1.165) is 31.6 Å². The Bertz CT molecular complexity index is 1060. The van der Waals surface area contributed by atoms with Crippen LogP contribution >= 0.6 is 0 Å². The highest BCUT2D eigenvalue weighted by atomic mass is 19.1. The highest BCUT2D eigenvalue weighted by Gasteiger charge is 2.24. The van der Waals surface area contributed by atoms with Gasteiger partial charge in [0.2, 0.25) is 5.91 Å². The molecule has 186 valence electrons. The Morgan fingerprint density at radius 1 is 0.857 bits per heavy atom. The van der Waals surface area contributed by atoms with Crippen LogP contribution in [0.3, 0.4) is 0 Å². The van der Waals surface area contributed by atoms with Crippen LogP contribution in [-0.4, -0.2) is 78.5 Å². The molecule has 2 saturated heterocycles. The van der Waals surface area contributed by atoms with Crippen molar-refractivity contribution in [1.29, 1.82) is 0 Å². The molecule has 0 aliphatic carbocycles. The maximum absolute atomic E-state index is 13.1. The first-order chi connectivity index (χ1) is 16.9. The molecule has 4 rings (SSSR count). The van der Waals surface area contributed by atoms with Gasteiger partial charge in [0.25, 0.3) is 5.91 Å². The molecule has 2 aromatic carbocycles. The summed E-state index contributed by atoms with van der Waals surface area (Å²) in [6, 6.07) is 9.96. The van der Waals surface area contributed by atoms with Crippen LogP contribution in [0, 0.1) is 5.82 Å². The van der Waals surface area contributed by atoms with Gasteiger partial charge in [-0.25, -0.2) is 9.18 Å². The number of carbonyl (C=O) groups is 3. The number of rotatable bonds is 6. The fourth-order valence-electron chi connectivity index (χ4n) is 4.59. The molecule has 2 fully saturated rings. The highest BCUT2D eigenvalue weighted by molar-refractivity contribution is 6.08. The second kappa shape index (κ2) is 11.3. The molecule has 8 nitrogen and oxygen atoms in total. The summed E-state index contributed by atoms with van der Waals surface area (Å²) in [4.78, 5) is 43.3. The summed E-state index contributed by atoms with van der Waals surface area (Å²) in [6.07, 6.45) is 4.53. The summed E-state index contributed by atoms with van der Waals surface area (Å²) in [6.45, 7) is 4.89. The Balaban J connectivity index is 1.36. The van der Waals surface area contributed by atoms with E-state index in [1.807, 2.05) is 4.90 Å². The fraction of sp³-hybridized carbons (Fsp3) is 0.423. The van der Waals surface area contributed by atoms with Crippen LogP contribution in [0.2, 0.25) is 0 Å². The molecule has 35 heavy (non-hydrogen) atoms. The zero-order valence-electron chi connectivity index (χ0n) is 19.7. The zero-order chi connectivity index (χ0) is 24.8. The molecule has 0 radical (unpaired) electrons. The van der Waals surface area contributed by atoms with E-state index in [0.29, 0.717) is 32.7 Å². The van der Waals surface area contributed by atoms with Crippen molar-refractivity contribution in [3.8, 4) is 0 Å². The molecule has 0 atom stereocenters. The Kier molecular flexibility index (Phi) is 7.97. The molecule has 2 heterocycles. The van der Waals surface area contributed by atoms with Gasteiger partial charge in [-0.15, -0.1) is 0 Å². The maximum Gasteiger partial charge on any atom is 0.337 e. The first-order valence-corrected chi connectivity index (χ1v) is 12.1. The summed E-state index contributed by atoms with van der Waals surface area (Å²) < 4.78 is 13.1. The van der Waals surface area contributed by atoms with Gasteiger partial charge in [-0.2, -0.15) is 0 Å². The summed E-state index contributed by atoms with van der Waals surface area (Å²) in [5.41, 5.74) is 1.15. The number of carbonyl (C=O) groups excluding carboxylic acids is 2. The predicted molar refractivity (Wildman–Crippen MR) is 131 cm³/mol. The minimum absolute atomic E-state index is 0.0169. The molecular weight excluding hydrogens is 451 g/mol. The average molecular weight is 483 g/mol. The van der Waals surface area contributed by atoms with Crippen LogP contribution in [-0.2, 0) is 4.79 Å². The van der Waals surface area contributed by atoms with Gasteiger partial charge >= 0.3 is 5.97 Å². The second-order valence-electron chi connectivity index (χ2n) is 9.05. The van der Waals surface area contributed by atoms with Gasteiger partial charge in [-0.3, -0.25) is 14.5 Å². The van der Waals surface area contributed by atoms with Crippen LogP contribution in [0.4, 0.5) is 15.8 Å². The van der Waals surface area contributed by atoms with Crippen LogP contribution in [0.1, 0.15) is 46.4 Å². The number of nitrogens with zero attached hydrogens (tertiary/aromatic N) is 3. The lowest BCUT2D eigenvalue weighted by Crippen LogP contribution is -2.50. The van der Waals surface area contributed by atoms with Crippen molar-refractivity contribution < 1.29 is 23.9 Å². The van der Waals surface area contributed by atoms with E-state index in [4.69, 9.17) is 0 Å². The molecule has 0 aromatic heterocycles. The number of halogens is 1. The molecule has 2 aliphatic heterocycles. The van der Waals surface area contributed by atoms with Gasteiger partial charge in [-0.1, -0.05) is 12.8 Å². The summed E-state index contributed by atoms with van der Waals surface area (Å²) in [7, 11) is 0. The summed E-state index contributed by atoms with van der Waals surface area (Å²) >= 11 is 0. The van der Waals surface area contributed by atoms with Crippen molar-refractivity contribution in [2.24, 2.45) is 0 Å². The van der Waals surface area contributed by atoms with Crippen molar-refractivity contribution >= 4 is 29.2 Å². The third-order valence-corrected chi connectivity index (χ3v) is 6.64. The Morgan fingerprint density at radius 2 is 1.51 bits per heavy atom. The van der Waals surface area contributed by atoms with Crippen molar-refractivity contribution in [1.82, 2.24) is 9.80 Å². The first kappa shape index (κ1) is 24.7. The lowest BCUT2D eigenvalue weighted by atomic mass is 10.1. The minimum Gasteiger partial charge on any atom is -0.478 e. The van der Waals surface area contributed by atoms with Gasteiger partial charge in [0.15, 0.2) is 0 Å². The van der Waals surface area contributed by atoms with Crippen molar-refractivity contribution in [2.75, 3.05) is 56.0 Å². The maximum atomic E-state index is 13.1. The van der Waals surface area contributed by atoms with E-state index in [-0.39, 0.29) is 22.7 Å². The largest absolute Gasteiger partial charge is 0.478 e. The molecule has 2 aromatic rings. The molecule has 0 spiro atoms. The number of anilines is 2. The molecule has 2 N–H and O–H groups in total. The number of amides is 2. The molecule has 0 bridgehead atoms. The lowest BCUT2D eigenvalue weighted by molar-refractivity contribution is -0.132. The summed E-state index contributed by atoms with van der Waals surface area (Å²) in [5.74, 6) is -1.93. The van der Waals surface area contributed by atoms with Gasteiger partial charge in [0.1, 0.15) is 5.82 Å². The normalized spacial score (nSPS) is 17.1. The van der Waals surface area contributed by atoms with Gasteiger partial charge in [-0.05, 0) is 55.3 Å². The van der Waals surface area contributed by atoms with Crippen LogP contribution < -0.4 is 10.2 Å². The lowest BCUT2D eigenvalue weighted by Gasteiger charge is -2.36. The monoisotopic (exact) mass is 482 g/mol. The van der Waals surface area contributed by atoms with Gasteiger partial charge in [0.05, 0.1) is 17.8 Å². The van der Waals surface area contributed by atoms with Crippen LogP contribution in [0.5, 0.6) is 0 Å². The Labute approximate surface area is 204 Å². The highest BCUT2D eigenvalue weighted by Crippen LogP contribution is 2.25. The molecule has 2 aliphatic rings. The Hall–Kier alpha value is -3.46. The number of hydrogen-bond acceptors (Lipinski definition) is 5. The smallest absolute Gasteiger partial charge is 0.337 e. The third kappa shape index (κ3) is 6.36. The molecule has 0 saturated carbocycles. The number of carboxylic acids is 1. The van der Waals surface area contributed by atoms with E-state index in [9.17, 15) is 23.9 Å². The van der Waals surface area contributed by atoms with Crippen molar-refractivity contribution in [2.45, 2.75) is 25.7 Å². The minimum atomic E-state index is -1.15. The van der Waals surface area contributed by atoms with Gasteiger partial charge in [0, 0.05) is 50.5 Å². The van der Waals surface area contributed by atoms with E-state index >= 15 is 0 Å². The molecule has 2 amide bonds. The third-order valence-electron chi connectivity index (χ3n) is 6.64. The number of hydrogen-bond donors (Lipinski definition) is 2. The number of piperazine rings is 1. The van der Waals surface area contributed by atoms with Gasteiger partial charge < -0.3 is 20.2 Å². The zero-order valence-corrected chi connectivity index (χ0v) is 19.7. The number of aromatic carboxylic acids is 1. The fourth-order valence-corrected chi connectivity index (χ4v) is 4.59. The van der Waals surface area contributed by atoms with Crippen molar-refractivity contribution in [3.63, 3.8) is 0 Å². The molecular formula is C26H31FN4O4. The van der Waals surface area contributed by atoms with E-state index in [1.165, 1.54) is 37.1 Å².